The highest BCUT2D eigenvalue weighted by Gasteiger charge is 2.19. The SMILES string of the molecule is COc1cc(-c2nc(C)c(C(=O)NCC#N)s2)cc(OC)c1OC. The van der Waals surface area contributed by atoms with Gasteiger partial charge in [0.15, 0.2) is 11.5 Å². The predicted octanol–water partition coefficient (Wildman–Crippen LogP) is 2.40. The molecule has 0 saturated carbocycles. The van der Waals surface area contributed by atoms with E-state index in [0.717, 1.165) is 5.56 Å². The zero-order valence-corrected chi connectivity index (χ0v) is 14.6. The number of aryl methyl sites for hydroxylation is 1. The van der Waals surface area contributed by atoms with Gasteiger partial charge in [0.1, 0.15) is 16.4 Å². The van der Waals surface area contributed by atoms with E-state index in [1.54, 1.807) is 19.1 Å². The summed E-state index contributed by atoms with van der Waals surface area (Å²) in [5.74, 6) is 1.19. The number of ether oxygens (including phenoxy) is 3. The fourth-order valence-electron chi connectivity index (χ4n) is 2.14. The monoisotopic (exact) mass is 347 g/mol. The van der Waals surface area contributed by atoms with Gasteiger partial charge in [-0.3, -0.25) is 4.79 Å². The molecular weight excluding hydrogens is 330 g/mol. The second-order valence-electron chi connectivity index (χ2n) is 4.69. The normalized spacial score (nSPS) is 9.96. The molecule has 0 unspecified atom stereocenters. The van der Waals surface area contributed by atoms with E-state index >= 15 is 0 Å². The van der Waals surface area contributed by atoms with Crippen molar-refractivity contribution in [3.05, 3.63) is 22.7 Å². The minimum Gasteiger partial charge on any atom is -0.493 e. The third-order valence-electron chi connectivity index (χ3n) is 3.24. The summed E-state index contributed by atoms with van der Waals surface area (Å²) >= 11 is 1.24. The summed E-state index contributed by atoms with van der Waals surface area (Å²) in [5, 5.41) is 11.7. The molecule has 1 heterocycles. The van der Waals surface area contributed by atoms with Gasteiger partial charge in [0.25, 0.3) is 5.91 Å². The lowest BCUT2D eigenvalue weighted by Crippen LogP contribution is -2.23. The maximum atomic E-state index is 12.1. The molecule has 2 rings (SSSR count). The van der Waals surface area contributed by atoms with E-state index in [1.807, 2.05) is 6.07 Å². The van der Waals surface area contributed by atoms with Crippen LogP contribution >= 0.6 is 11.3 Å². The first kappa shape index (κ1) is 17.6. The summed E-state index contributed by atoms with van der Waals surface area (Å²) in [7, 11) is 4.61. The van der Waals surface area contributed by atoms with E-state index in [1.165, 1.54) is 32.7 Å². The number of thiazole rings is 1. The number of methoxy groups -OCH3 is 3. The van der Waals surface area contributed by atoms with Crippen LogP contribution in [0.4, 0.5) is 0 Å². The van der Waals surface area contributed by atoms with Crippen LogP contribution in [-0.2, 0) is 0 Å². The van der Waals surface area contributed by atoms with Crippen molar-refractivity contribution in [2.75, 3.05) is 27.9 Å². The van der Waals surface area contributed by atoms with E-state index in [0.29, 0.717) is 32.8 Å². The Morgan fingerprint density at radius 2 is 1.88 bits per heavy atom. The standard InChI is InChI=1S/C16H17N3O4S/c1-9-14(15(20)18-6-5-17)24-16(19-9)10-7-11(21-2)13(23-4)12(8-10)22-3/h7-8H,6H2,1-4H3,(H,18,20). The number of nitrogens with one attached hydrogen (secondary N) is 1. The Morgan fingerprint density at radius 3 is 2.38 bits per heavy atom. The molecule has 126 valence electrons. The third-order valence-corrected chi connectivity index (χ3v) is 4.45. The molecule has 1 aromatic heterocycles. The van der Waals surface area contributed by atoms with Crippen molar-refractivity contribution in [2.45, 2.75) is 6.92 Å². The Labute approximate surface area is 143 Å². The summed E-state index contributed by atoms with van der Waals surface area (Å²) in [6, 6.07) is 5.42. The van der Waals surface area contributed by atoms with Crippen LogP contribution in [0.3, 0.4) is 0 Å². The number of rotatable bonds is 6. The molecule has 8 heteroatoms. The van der Waals surface area contributed by atoms with Gasteiger partial charge in [-0.1, -0.05) is 0 Å². The number of hydrogen-bond acceptors (Lipinski definition) is 7. The lowest BCUT2D eigenvalue weighted by molar-refractivity contribution is 0.0961. The molecule has 0 spiro atoms. The van der Waals surface area contributed by atoms with E-state index in [4.69, 9.17) is 19.5 Å². The highest BCUT2D eigenvalue weighted by atomic mass is 32.1. The van der Waals surface area contributed by atoms with Crippen LogP contribution in [0.15, 0.2) is 12.1 Å². The van der Waals surface area contributed by atoms with Crippen molar-refractivity contribution in [1.29, 1.82) is 5.26 Å². The first-order valence-electron chi connectivity index (χ1n) is 6.98. The molecule has 0 aliphatic rings. The van der Waals surface area contributed by atoms with Crippen LogP contribution in [0.2, 0.25) is 0 Å². The van der Waals surface area contributed by atoms with Crippen LogP contribution in [-0.4, -0.2) is 38.8 Å². The Balaban J connectivity index is 2.46. The number of nitriles is 1. The molecule has 0 atom stereocenters. The quantitative estimate of drug-likeness (QED) is 0.807. The molecule has 0 bridgehead atoms. The van der Waals surface area contributed by atoms with Crippen LogP contribution < -0.4 is 19.5 Å². The third kappa shape index (κ3) is 3.41. The van der Waals surface area contributed by atoms with Gasteiger partial charge in [0, 0.05) is 5.56 Å². The molecule has 2 aromatic rings. The summed E-state index contributed by atoms with van der Waals surface area (Å²) < 4.78 is 16.0. The van der Waals surface area contributed by atoms with Gasteiger partial charge in [-0.2, -0.15) is 5.26 Å². The fourth-order valence-corrected chi connectivity index (χ4v) is 3.11. The summed E-state index contributed by atoms with van der Waals surface area (Å²) in [5.41, 5.74) is 1.34. The van der Waals surface area contributed by atoms with Crippen molar-refractivity contribution in [1.82, 2.24) is 10.3 Å². The Hall–Kier alpha value is -2.79. The second-order valence-corrected chi connectivity index (χ2v) is 5.69. The molecule has 1 N–H and O–H groups in total. The van der Waals surface area contributed by atoms with Gasteiger partial charge < -0.3 is 19.5 Å². The van der Waals surface area contributed by atoms with Crippen LogP contribution in [0.25, 0.3) is 10.6 Å². The van der Waals surface area contributed by atoms with Gasteiger partial charge in [0.05, 0.1) is 33.1 Å². The average molecular weight is 347 g/mol. The molecule has 24 heavy (non-hydrogen) atoms. The van der Waals surface area contributed by atoms with Gasteiger partial charge in [-0.25, -0.2) is 4.98 Å². The van der Waals surface area contributed by atoms with E-state index < -0.39 is 0 Å². The van der Waals surface area contributed by atoms with Crippen molar-refractivity contribution in [3.8, 4) is 33.9 Å². The molecule has 7 nitrogen and oxygen atoms in total. The van der Waals surface area contributed by atoms with Gasteiger partial charge >= 0.3 is 0 Å². The van der Waals surface area contributed by atoms with E-state index in [2.05, 4.69) is 10.3 Å². The summed E-state index contributed by atoms with van der Waals surface area (Å²) in [4.78, 5) is 17.0. The highest BCUT2D eigenvalue weighted by Crippen LogP contribution is 2.42. The van der Waals surface area contributed by atoms with Crippen LogP contribution in [0.1, 0.15) is 15.4 Å². The molecule has 0 saturated heterocycles. The Kier molecular flexibility index (Phi) is 5.60. The Bertz CT molecular complexity index is 770. The number of carbonyl (C=O) groups excluding carboxylic acids is 1. The smallest absolute Gasteiger partial charge is 0.264 e. The summed E-state index contributed by atoms with van der Waals surface area (Å²) in [6.07, 6.45) is 0. The van der Waals surface area contributed by atoms with Crippen molar-refractivity contribution < 1.29 is 19.0 Å². The highest BCUT2D eigenvalue weighted by molar-refractivity contribution is 7.17. The van der Waals surface area contributed by atoms with Crippen molar-refractivity contribution >= 4 is 17.2 Å². The number of amides is 1. The number of nitrogens with zero attached hydrogens (tertiary/aromatic N) is 2. The lowest BCUT2D eigenvalue weighted by Gasteiger charge is -2.13. The minimum absolute atomic E-state index is 0.0459. The molecule has 0 radical (unpaired) electrons. The van der Waals surface area contributed by atoms with Crippen LogP contribution in [0.5, 0.6) is 17.2 Å². The molecule has 1 aromatic carbocycles. The lowest BCUT2D eigenvalue weighted by atomic mass is 10.2. The van der Waals surface area contributed by atoms with Crippen molar-refractivity contribution in [3.63, 3.8) is 0 Å². The first-order chi connectivity index (χ1) is 11.5. The van der Waals surface area contributed by atoms with E-state index in [9.17, 15) is 4.79 Å². The minimum atomic E-state index is -0.315. The maximum Gasteiger partial charge on any atom is 0.264 e. The topological polar surface area (TPSA) is 93.5 Å². The molecule has 0 aliphatic heterocycles. The van der Waals surface area contributed by atoms with Gasteiger partial charge in [-0.05, 0) is 19.1 Å². The zero-order chi connectivity index (χ0) is 17.7. The molecule has 0 fully saturated rings. The second kappa shape index (κ2) is 7.66. The predicted molar refractivity (Wildman–Crippen MR) is 89.9 cm³/mol. The largest absolute Gasteiger partial charge is 0.493 e. The first-order valence-corrected chi connectivity index (χ1v) is 7.80. The average Bonchev–Trinajstić information content (AvgIpc) is 3.00. The zero-order valence-electron chi connectivity index (χ0n) is 13.8. The number of aromatic nitrogens is 1. The maximum absolute atomic E-state index is 12.1. The molecule has 1 amide bonds. The number of benzene rings is 1. The fraction of sp³-hybridized carbons (Fsp3) is 0.312. The summed E-state index contributed by atoms with van der Waals surface area (Å²) in [6.45, 7) is 1.70. The number of carbonyl (C=O) groups is 1. The Morgan fingerprint density at radius 1 is 1.25 bits per heavy atom. The molecule has 0 aliphatic carbocycles. The molecular formula is C16H17N3O4S. The van der Waals surface area contributed by atoms with Crippen molar-refractivity contribution in [2.24, 2.45) is 0 Å². The van der Waals surface area contributed by atoms with Gasteiger partial charge in [-0.15, -0.1) is 11.3 Å². The van der Waals surface area contributed by atoms with Gasteiger partial charge in [0.2, 0.25) is 5.75 Å². The van der Waals surface area contributed by atoms with E-state index in [-0.39, 0.29) is 12.5 Å². The van der Waals surface area contributed by atoms with Crippen LogP contribution in [0, 0.1) is 18.3 Å². The number of hydrogen-bond donors (Lipinski definition) is 1.